The summed E-state index contributed by atoms with van der Waals surface area (Å²) in [6.07, 6.45) is 8.14. The number of nitrogens with zero attached hydrogens (tertiary/aromatic N) is 3. The Labute approximate surface area is 261 Å². The first-order chi connectivity index (χ1) is 18.9. The maximum Gasteiger partial charge on any atom is 0.114 e. The van der Waals surface area contributed by atoms with Crippen molar-refractivity contribution >= 4 is 0 Å². The second-order valence-electron chi connectivity index (χ2n) is 20.7. The van der Waals surface area contributed by atoms with Crippen LogP contribution in [0.4, 0.5) is 4.39 Å². The maximum atomic E-state index is 14.8. The van der Waals surface area contributed by atoms with Crippen molar-refractivity contribution in [3.05, 3.63) is 0 Å². The summed E-state index contributed by atoms with van der Waals surface area (Å²) in [5.41, 5.74) is 1.47. The molecule has 244 valence electrons. The number of fused-ring (bicyclic) bond motifs is 1. The standard InChI is InChI=1S/C38H70FN3/c1-24(2)40-23-25(39)18-30(40)36(12,13)22-29-27-19-28(27)31(42(29)35(9,10)11)37(14,15)20-26-21-38(16-17-38)32(33(3,4)5)41(26)34(6,7)8/h24-32H,16-23H2,1-15H3. The van der Waals surface area contributed by atoms with Gasteiger partial charge in [-0.2, -0.15) is 0 Å². The number of piperidine rings is 1. The second kappa shape index (κ2) is 10.2. The molecule has 0 radical (unpaired) electrons. The van der Waals surface area contributed by atoms with Gasteiger partial charge in [0.25, 0.3) is 0 Å². The first-order valence-electron chi connectivity index (χ1n) is 17.9. The van der Waals surface area contributed by atoms with Gasteiger partial charge in [-0.1, -0.05) is 48.5 Å². The number of hydrogen-bond acceptors (Lipinski definition) is 3. The highest BCUT2D eigenvalue weighted by atomic mass is 19.1. The van der Waals surface area contributed by atoms with Crippen molar-refractivity contribution in [1.29, 1.82) is 0 Å². The number of rotatable bonds is 7. The monoisotopic (exact) mass is 588 g/mol. The quantitative estimate of drug-likeness (QED) is 0.294. The van der Waals surface area contributed by atoms with Crippen molar-refractivity contribution in [2.24, 2.45) is 33.5 Å². The molecule has 2 aliphatic carbocycles. The Balaban J connectivity index is 1.42. The third-order valence-electron chi connectivity index (χ3n) is 12.8. The summed E-state index contributed by atoms with van der Waals surface area (Å²) in [5.74, 6) is 1.62. The van der Waals surface area contributed by atoms with Crippen molar-refractivity contribution in [1.82, 2.24) is 14.7 Å². The van der Waals surface area contributed by atoms with Crippen molar-refractivity contribution in [3.8, 4) is 0 Å². The van der Waals surface area contributed by atoms with Gasteiger partial charge in [-0.15, -0.1) is 0 Å². The lowest BCUT2D eigenvalue weighted by Gasteiger charge is -2.53. The smallest absolute Gasteiger partial charge is 0.114 e. The molecule has 3 saturated heterocycles. The summed E-state index contributed by atoms with van der Waals surface area (Å²) in [7, 11) is 0. The molecule has 42 heavy (non-hydrogen) atoms. The molecule has 8 unspecified atom stereocenters. The Kier molecular flexibility index (Phi) is 8.02. The van der Waals surface area contributed by atoms with Gasteiger partial charge in [0.1, 0.15) is 6.17 Å². The van der Waals surface area contributed by atoms with Gasteiger partial charge in [-0.25, -0.2) is 4.39 Å². The van der Waals surface area contributed by atoms with E-state index in [2.05, 4.69) is 119 Å². The van der Waals surface area contributed by atoms with Gasteiger partial charge in [0, 0.05) is 53.9 Å². The summed E-state index contributed by atoms with van der Waals surface area (Å²) >= 11 is 0. The average Bonchev–Trinajstić information content (AvgIpc) is 3.61. The fourth-order valence-electron chi connectivity index (χ4n) is 11.6. The van der Waals surface area contributed by atoms with Crippen molar-refractivity contribution in [2.45, 2.75) is 202 Å². The Morgan fingerprint density at radius 1 is 0.738 bits per heavy atom. The van der Waals surface area contributed by atoms with Crippen LogP contribution in [-0.4, -0.2) is 74.7 Å². The Morgan fingerprint density at radius 2 is 1.31 bits per heavy atom. The van der Waals surface area contributed by atoms with E-state index in [1.54, 1.807) is 0 Å². The second-order valence-corrected chi connectivity index (χ2v) is 20.7. The van der Waals surface area contributed by atoms with E-state index >= 15 is 0 Å². The number of hydrogen-bond donors (Lipinski definition) is 0. The molecule has 5 fully saturated rings. The highest BCUT2D eigenvalue weighted by Crippen LogP contribution is 2.67. The molecule has 5 aliphatic rings. The van der Waals surface area contributed by atoms with E-state index in [4.69, 9.17) is 0 Å². The van der Waals surface area contributed by atoms with Crippen LogP contribution in [0.1, 0.15) is 149 Å². The fourth-order valence-corrected chi connectivity index (χ4v) is 11.6. The maximum absolute atomic E-state index is 14.8. The predicted molar refractivity (Wildman–Crippen MR) is 178 cm³/mol. The molecule has 8 atom stereocenters. The van der Waals surface area contributed by atoms with Gasteiger partial charge in [0.15, 0.2) is 0 Å². The lowest BCUT2D eigenvalue weighted by Crippen LogP contribution is -2.59. The third kappa shape index (κ3) is 5.78. The molecule has 0 N–H and O–H groups in total. The lowest BCUT2D eigenvalue weighted by molar-refractivity contribution is -0.0458. The summed E-state index contributed by atoms with van der Waals surface area (Å²) in [6, 6.07) is 3.28. The van der Waals surface area contributed by atoms with E-state index < -0.39 is 6.17 Å². The van der Waals surface area contributed by atoms with Crippen molar-refractivity contribution in [2.75, 3.05) is 6.54 Å². The van der Waals surface area contributed by atoms with E-state index in [1.807, 2.05) is 0 Å². The Hall–Kier alpha value is -0.190. The van der Waals surface area contributed by atoms with E-state index in [0.717, 1.165) is 11.8 Å². The zero-order valence-corrected chi connectivity index (χ0v) is 30.6. The highest BCUT2D eigenvalue weighted by molar-refractivity contribution is 5.20. The van der Waals surface area contributed by atoms with Crippen LogP contribution in [0, 0.1) is 33.5 Å². The van der Waals surface area contributed by atoms with Crippen molar-refractivity contribution in [3.63, 3.8) is 0 Å². The molecule has 5 rings (SSSR count). The molecular weight excluding hydrogens is 517 g/mol. The minimum atomic E-state index is -0.678. The molecule has 3 aliphatic heterocycles. The number of halogens is 1. The average molecular weight is 588 g/mol. The molecule has 0 aromatic rings. The summed E-state index contributed by atoms with van der Waals surface area (Å²) in [4.78, 5) is 8.50. The highest BCUT2D eigenvalue weighted by Gasteiger charge is 2.67. The first-order valence-corrected chi connectivity index (χ1v) is 17.9. The summed E-state index contributed by atoms with van der Waals surface area (Å²) < 4.78 is 14.8. The first kappa shape index (κ1) is 33.2. The van der Waals surface area contributed by atoms with Gasteiger partial charge >= 0.3 is 0 Å². The molecule has 3 heterocycles. The Morgan fingerprint density at radius 3 is 1.79 bits per heavy atom. The van der Waals surface area contributed by atoms with Gasteiger partial charge in [-0.05, 0) is 134 Å². The van der Waals surface area contributed by atoms with Crippen LogP contribution in [0.5, 0.6) is 0 Å². The van der Waals surface area contributed by atoms with Crippen LogP contribution in [0.15, 0.2) is 0 Å². The molecule has 3 nitrogen and oxygen atoms in total. The molecule has 2 saturated carbocycles. The van der Waals surface area contributed by atoms with Crippen LogP contribution in [0.2, 0.25) is 0 Å². The van der Waals surface area contributed by atoms with E-state index in [-0.39, 0.29) is 21.9 Å². The summed E-state index contributed by atoms with van der Waals surface area (Å²) in [6.45, 7) is 37.7. The van der Waals surface area contributed by atoms with E-state index in [9.17, 15) is 4.39 Å². The molecular formula is C38H70FN3. The SMILES string of the molecule is CC(C)N1CC(F)CC1C(C)(C)CC1C2CC2C(C(C)(C)CC2CC3(CC3)C(C(C)(C)C)N2C(C)(C)C)N1C(C)(C)C. The molecule has 4 heteroatoms. The topological polar surface area (TPSA) is 9.72 Å². The molecule has 0 aromatic heterocycles. The normalized spacial score (nSPS) is 38.2. The minimum absolute atomic E-state index is 0.0955. The van der Waals surface area contributed by atoms with Crippen LogP contribution in [-0.2, 0) is 0 Å². The van der Waals surface area contributed by atoms with Crippen LogP contribution >= 0.6 is 0 Å². The third-order valence-corrected chi connectivity index (χ3v) is 12.8. The fraction of sp³-hybridized carbons (Fsp3) is 1.00. The largest absolute Gasteiger partial charge is 0.294 e. The number of alkyl halides is 1. The minimum Gasteiger partial charge on any atom is -0.294 e. The van der Waals surface area contributed by atoms with Gasteiger partial charge in [0.05, 0.1) is 0 Å². The van der Waals surface area contributed by atoms with Gasteiger partial charge in [-0.3, -0.25) is 14.7 Å². The van der Waals surface area contributed by atoms with E-state index in [0.29, 0.717) is 60.0 Å². The van der Waals surface area contributed by atoms with Crippen LogP contribution in [0.3, 0.4) is 0 Å². The van der Waals surface area contributed by atoms with Gasteiger partial charge in [0.2, 0.25) is 0 Å². The molecule has 0 aromatic carbocycles. The Bertz CT molecular complexity index is 989. The zero-order chi connectivity index (χ0) is 31.6. The van der Waals surface area contributed by atoms with Gasteiger partial charge < -0.3 is 0 Å². The predicted octanol–water partition coefficient (Wildman–Crippen LogP) is 9.19. The summed E-state index contributed by atoms with van der Waals surface area (Å²) in [5, 5.41) is 0. The molecule has 1 spiro atoms. The van der Waals surface area contributed by atoms with E-state index in [1.165, 1.54) is 38.5 Å². The lowest BCUT2D eigenvalue weighted by atomic mass is 9.73. The number of likely N-dealkylation sites (tertiary alicyclic amines) is 3. The van der Waals surface area contributed by atoms with Crippen LogP contribution < -0.4 is 0 Å². The zero-order valence-electron chi connectivity index (χ0n) is 30.6. The molecule has 0 bridgehead atoms. The molecule has 0 amide bonds. The van der Waals surface area contributed by atoms with Crippen LogP contribution in [0.25, 0.3) is 0 Å². The van der Waals surface area contributed by atoms with Crippen molar-refractivity contribution < 1.29 is 4.39 Å².